The third kappa shape index (κ3) is 4.66. The van der Waals surface area contributed by atoms with Gasteiger partial charge in [-0.25, -0.2) is 4.39 Å². The Morgan fingerprint density at radius 2 is 1.90 bits per heavy atom. The van der Waals surface area contributed by atoms with E-state index < -0.39 is 5.82 Å². The minimum Gasteiger partial charge on any atom is -0.484 e. The highest BCUT2D eigenvalue weighted by atomic mass is 35.5. The molecule has 1 heterocycles. The molecule has 1 aromatic rings. The van der Waals surface area contributed by atoms with Gasteiger partial charge in [0.05, 0.1) is 5.02 Å². The van der Waals surface area contributed by atoms with Crippen molar-refractivity contribution >= 4 is 35.2 Å². The van der Waals surface area contributed by atoms with E-state index in [2.05, 4.69) is 16.0 Å². The predicted octanol–water partition coefficient (Wildman–Crippen LogP) is 2.70. The van der Waals surface area contributed by atoms with Crippen LogP contribution >= 0.6 is 23.4 Å². The first kappa shape index (κ1) is 21.3. The smallest absolute Gasteiger partial charge is 0.258 e. The van der Waals surface area contributed by atoms with Gasteiger partial charge in [-0.1, -0.05) is 11.6 Å². The van der Waals surface area contributed by atoms with Gasteiger partial charge in [-0.3, -0.25) is 14.9 Å². The lowest BCUT2D eigenvalue weighted by Crippen LogP contribution is -2.48. The second kappa shape index (κ2) is 8.79. The number of amides is 2. The van der Waals surface area contributed by atoms with Crippen LogP contribution in [0.25, 0.3) is 0 Å². The van der Waals surface area contributed by atoms with Crippen molar-refractivity contribution in [2.45, 2.75) is 55.6 Å². The molecule has 4 fully saturated rings. The molecule has 1 saturated heterocycles. The zero-order chi connectivity index (χ0) is 21.5. The van der Waals surface area contributed by atoms with Crippen LogP contribution in [-0.4, -0.2) is 47.7 Å². The average Bonchev–Trinajstić information content (AvgIpc) is 3.38. The number of carbonyl (C=O) groups is 2. The summed E-state index contributed by atoms with van der Waals surface area (Å²) in [6.07, 6.45) is 5.43. The number of hydrogen-bond donors (Lipinski definition) is 3. The van der Waals surface area contributed by atoms with Gasteiger partial charge in [-0.15, -0.1) is 11.8 Å². The largest absolute Gasteiger partial charge is 0.484 e. The first-order valence-corrected chi connectivity index (χ1v) is 12.5. The lowest BCUT2D eigenvalue weighted by molar-refractivity contribution is -0.124. The average molecular weight is 468 g/mol. The molecule has 0 aromatic heterocycles. The van der Waals surface area contributed by atoms with Crippen molar-refractivity contribution < 1.29 is 18.7 Å². The molecule has 1 aromatic carbocycles. The van der Waals surface area contributed by atoms with E-state index in [9.17, 15) is 14.0 Å². The zero-order valence-electron chi connectivity index (χ0n) is 17.1. The van der Waals surface area contributed by atoms with Gasteiger partial charge < -0.3 is 15.4 Å². The molecule has 9 heteroatoms. The van der Waals surface area contributed by atoms with E-state index >= 15 is 0 Å². The van der Waals surface area contributed by atoms with Crippen LogP contribution in [0, 0.1) is 23.6 Å². The number of carbonyl (C=O) groups excluding carboxylic acids is 2. The van der Waals surface area contributed by atoms with Crippen LogP contribution in [0.15, 0.2) is 18.2 Å². The summed E-state index contributed by atoms with van der Waals surface area (Å²) >= 11 is 7.37. The number of thioether (sulfide) groups is 1. The molecular weight excluding hydrogens is 441 g/mol. The maximum absolute atomic E-state index is 13.5. The minimum absolute atomic E-state index is 0.0149. The summed E-state index contributed by atoms with van der Waals surface area (Å²) in [5.41, 5.74) is 0. The Balaban J connectivity index is 1.10. The Bertz CT molecular complexity index is 870. The van der Waals surface area contributed by atoms with Gasteiger partial charge >= 0.3 is 0 Å². The summed E-state index contributed by atoms with van der Waals surface area (Å²) in [7, 11) is 0. The van der Waals surface area contributed by atoms with Gasteiger partial charge in [-0.2, -0.15) is 0 Å². The molecule has 5 unspecified atom stereocenters. The fraction of sp³-hybridized carbons (Fsp3) is 0.636. The SMILES string of the molecule is O=C(COc1ccc(Cl)c(F)c1)NC1C[C@H](NC(=O)C2NC(C3CC3)CS2)C2CCC12. The van der Waals surface area contributed by atoms with Gasteiger partial charge in [0.2, 0.25) is 5.91 Å². The monoisotopic (exact) mass is 467 g/mol. The van der Waals surface area contributed by atoms with Crippen molar-refractivity contribution in [3.8, 4) is 5.75 Å². The Morgan fingerprint density at radius 1 is 1.16 bits per heavy atom. The summed E-state index contributed by atoms with van der Waals surface area (Å²) in [6, 6.07) is 4.71. The van der Waals surface area contributed by atoms with Gasteiger partial charge in [-0.05, 0) is 62.0 Å². The van der Waals surface area contributed by atoms with Gasteiger partial charge in [0, 0.05) is 29.9 Å². The maximum atomic E-state index is 13.5. The second-order valence-electron chi connectivity index (χ2n) is 9.12. The van der Waals surface area contributed by atoms with Gasteiger partial charge in [0.25, 0.3) is 5.91 Å². The quantitative estimate of drug-likeness (QED) is 0.574. The summed E-state index contributed by atoms with van der Waals surface area (Å²) in [5.74, 6) is 2.10. The fourth-order valence-corrected chi connectivity index (χ4v) is 6.52. The number of hydrogen-bond acceptors (Lipinski definition) is 5. The molecule has 5 rings (SSSR count). The number of rotatable bonds is 7. The molecule has 6 nitrogen and oxygen atoms in total. The Labute approximate surface area is 190 Å². The third-order valence-corrected chi connectivity index (χ3v) is 8.64. The van der Waals surface area contributed by atoms with E-state index in [0.717, 1.165) is 30.9 Å². The standard InChI is InChI=1S/C22H27ClFN3O3S/c23-15-6-3-12(7-16(15)24)30-9-20(28)25-17-8-18(14-5-4-13(14)17)26-21(29)22-27-19(10-31-22)11-1-2-11/h3,6-7,11,13-14,17-19,22,27H,1-2,4-5,8-10H2,(H,25,28)(H,26,29)/t13?,14?,17?,18-,19?,22?/m0/s1. The highest BCUT2D eigenvalue weighted by Gasteiger charge is 2.50. The molecule has 0 bridgehead atoms. The van der Waals surface area contributed by atoms with Crippen LogP contribution in [0.3, 0.4) is 0 Å². The van der Waals surface area contributed by atoms with E-state index in [1.54, 1.807) is 11.8 Å². The maximum Gasteiger partial charge on any atom is 0.258 e. The Hall–Kier alpha value is -1.51. The summed E-state index contributed by atoms with van der Waals surface area (Å²) in [6.45, 7) is -0.183. The second-order valence-corrected chi connectivity index (χ2v) is 10.7. The molecule has 6 atom stereocenters. The van der Waals surface area contributed by atoms with E-state index in [1.807, 2.05) is 0 Å². The van der Waals surface area contributed by atoms with Crippen molar-refractivity contribution in [2.24, 2.45) is 17.8 Å². The van der Waals surface area contributed by atoms with E-state index in [4.69, 9.17) is 16.3 Å². The van der Waals surface area contributed by atoms with E-state index in [1.165, 1.54) is 31.0 Å². The molecule has 3 N–H and O–H groups in total. The number of halogens is 2. The van der Waals surface area contributed by atoms with Crippen molar-refractivity contribution in [1.82, 2.24) is 16.0 Å². The van der Waals surface area contributed by atoms with Crippen molar-refractivity contribution in [1.29, 1.82) is 0 Å². The first-order chi connectivity index (χ1) is 15.0. The van der Waals surface area contributed by atoms with Crippen LogP contribution in [0.4, 0.5) is 4.39 Å². The van der Waals surface area contributed by atoms with Crippen molar-refractivity contribution in [2.75, 3.05) is 12.4 Å². The molecule has 31 heavy (non-hydrogen) atoms. The third-order valence-electron chi connectivity index (χ3n) is 7.10. The highest BCUT2D eigenvalue weighted by Crippen LogP contribution is 2.47. The molecule has 2 amide bonds. The molecular formula is C22H27ClFN3O3S. The lowest BCUT2D eigenvalue weighted by Gasteiger charge is -2.36. The van der Waals surface area contributed by atoms with Crippen LogP contribution in [-0.2, 0) is 9.59 Å². The van der Waals surface area contributed by atoms with Gasteiger partial charge in [0.15, 0.2) is 6.61 Å². The number of nitrogens with one attached hydrogen (secondary N) is 3. The van der Waals surface area contributed by atoms with E-state index in [-0.39, 0.29) is 46.7 Å². The molecule has 168 valence electrons. The van der Waals surface area contributed by atoms with Crippen LogP contribution in [0.5, 0.6) is 5.75 Å². The molecule has 1 aliphatic heterocycles. The van der Waals surface area contributed by atoms with Crippen LogP contribution in [0.1, 0.15) is 32.1 Å². The van der Waals surface area contributed by atoms with E-state index in [0.29, 0.717) is 17.9 Å². The molecule has 0 radical (unpaired) electrons. The number of fused-ring (bicyclic) bond motifs is 1. The molecule has 3 aliphatic carbocycles. The van der Waals surface area contributed by atoms with Crippen LogP contribution in [0.2, 0.25) is 5.02 Å². The zero-order valence-corrected chi connectivity index (χ0v) is 18.7. The van der Waals surface area contributed by atoms with Crippen molar-refractivity contribution in [3.05, 3.63) is 29.0 Å². The molecule has 4 aliphatic rings. The van der Waals surface area contributed by atoms with Gasteiger partial charge in [0.1, 0.15) is 16.9 Å². The fourth-order valence-electron chi connectivity index (χ4n) is 5.14. The Kier molecular flexibility index (Phi) is 6.05. The molecule has 0 spiro atoms. The van der Waals surface area contributed by atoms with Crippen LogP contribution < -0.4 is 20.7 Å². The number of benzene rings is 1. The Morgan fingerprint density at radius 3 is 2.58 bits per heavy atom. The summed E-state index contributed by atoms with van der Waals surface area (Å²) in [5, 5.41) is 9.64. The normalized spacial score (nSPS) is 34.0. The lowest BCUT2D eigenvalue weighted by atomic mass is 9.73. The first-order valence-electron chi connectivity index (χ1n) is 11.0. The summed E-state index contributed by atoms with van der Waals surface area (Å²) < 4.78 is 18.9. The highest BCUT2D eigenvalue weighted by molar-refractivity contribution is 8.00. The topological polar surface area (TPSA) is 79.5 Å². The minimum atomic E-state index is -0.579. The number of ether oxygens (including phenoxy) is 1. The predicted molar refractivity (Wildman–Crippen MR) is 117 cm³/mol. The molecule has 3 saturated carbocycles. The van der Waals surface area contributed by atoms with Crippen molar-refractivity contribution in [3.63, 3.8) is 0 Å². The summed E-state index contributed by atoms with van der Waals surface area (Å²) in [4.78, 5) is 25.2.